The fourth-order valence-electron chi connectivity index (χ4n) is 1.72. The van der Waals surface area contributed by atoms with Crippen LogP contribution in [0.3, 0.4) is 0 Å². The van der Waals surface area contributed by atoms with Gasteiger partial charge in [-0.3, -0.25) is 4.79 Å². The van der Waals surface area contributed by atoms with E-state index in [1.165, 1.54) is 6.08 Å². The predicted molar refractivity (Wildman–Crippen MR) is 64.3 cm³/mol. The van der Waals surface area contributed by atoms with Gasteiger partial charge in [0.05, 0.1) is 0 Å². The van der Waals surface area contributed by atoms with E-state index in [4.69, 9.17) is 10.2 Å². The van der Waals surface area contributed by atoms with E-state index in [1.54, 1.807) is 35.2 Å². The fourth-order valence-corrected chi connectivity index (χ4v) is 1.72. The Morgan fingerprint density at radius 1 is 1.35 bits per heavy atom. The van der Waals surface area contributed by atoms with Gasteiger partial charge in [0.2, 0.25) is 5.91 Å². The number of aromatic hydroxyl groups is 1. The van der Waals surface area contributed by atoms with Crippen molar-refractivity contribution < 1.29 is 15.0 Å². The van der Waals surface area contributed by atoms with Crippen LogP contribution in [0.1, 0.15) is 5.56 Å². The SMILES string of the molecule is O=C(C=Cc1ccc(O)cc1)N1CC(CO)C1. The predicted octanol–water partition coefficient (Wildman–Crippen LogP) is 0.856. The minimum atomic E-state index is -0.0391. The highest BCUT2D eigenvalue weighted by atomic mass is 16.3. The summed E-state index contributed by atoms with van der Waals surface area (Å²) < 4.78 is 0. The molecule has 2 rings (SSSR count). The number of benzene rings is 1. The lowest BCUT2D eigenvalue weighted by molar-refractivity contribution is -0.132. The Morgan fingerprint density at radius 3 is 2.59 bits per heavy atom. The lowest BCUT2D eigenvalue weighted by Crippen LogP contribution is -2.50. The van der Waals surface area contributed by atoms with Crippen LogP contribution in [0.25, 0.3) is 6.08 Å². The fraction of sp³-hybridized carbons (Fsp3) is 0.308. The zero-order valence-corrected chi connectivity index (χ0v) is 9.41. The molecule has 1 aromatic carbocycles. The van der Waals surface area contributed by atoms with Crippen molar-refractivity contribution in [2.45, 2.75) is 0 Å². The number of hydrogen-bond acceptors (Lipinski definition) is 3. The molecular weight excluding hydrogens is 218 g/mol. The minimum absolute atomic E-state index is 0.0391. The Morgan fingerprint density at radius 2 is 2.00 bits per heavy atom. The molecule has 4 heteroatoms. The lowest BCUT2D eigenvalue weighted by atomic mass is 10.0. The van der Waals surface area contributed by atoms with Gasteiger partial charge in [-0.1, -0.05) is 12.1 Å². The minimum Gasteiger partial charge on any atom is -0.508 e. The van der Waals surface area contributed by atoms with E-state index in [-0.39, 0.29) is 24.2 Å². The maximum atomic E-state index is 11.6. The Hall–Kier alpha value is -1.81. The third kappa shape index (κ3) is 2.85. The van der Waals surface area contributed by atoms with Crippen molar-refractivity contribution in [1.29, 1.82) is 0 Å². The number of likely N-dealkylation sites (tertiary alicyclic amines) is 1. The maximum Gasteiger partial charge on any atom is 0.246 e. The number of aliphatic hydroxyl groups excluding tert-OH is 1. The highest BCUT2D eigenvalue weighted by Crippen LogP contribution is 2.16. The number of carbonyl (C=O) groups excluding carboxylic acids is 1. The Balaban J connectivity index is 1.88. The largest absolute Gasteiger partial charge is 0.508 e. The summed E-state index contributed by atoms with van der Waals surface area (Å²) in [4.78, 5) is 13.3. The molecule has 90 valence electrons. The average Bonchev–Trinajstić information content (AvgIpc) is 2.27. The van der Waals surface area contributed by atoms with E-state index in [2.05, 4.69) is 0 Å². The first-order chi connectivity index (χ1) is 8.19. The zero-order chi connectivity index (χ0) is 12.3. The Kier molecular flexibility index (Phi) is 3.44. The first-order valence-electron chi connectivity index (χ1n) is 5.56. The summed E-state index contributed by atoms with van der Waals surface area (Å²) in [6, 6.07) is 6.64. The number of amides is 1. The monoisotopic (exact) mass is 233 g/mol. The van der Waals surface area contributed by atoms with E-state index < -0.39 is 0 Å². The van der Waals surface area contributed by atoms with Gasteiger partial charge in [-0.25, -0.2) is 0 Å². The van der Waals surface area contributed by atoms with Crippen LogP contribution in [0, 0.1) is 5.92 Å². The number of phenolic OH excluding ortho intramolecular Hbond substituents is 1. The first-order valence-corrected chi connectivity index (χ1v) is 5.56. The molecule has 1 aliphatic rings. The third-order valence-corrected chi connectivity index (χ3v) is 2.84. The summed E-state index contributed by atoms with van der Waals surface area (Å²) in [5, 5.41) is 17.9. The molecule has 0 aliphatic carbocycles. The van der Waals surface area contributed by atoms with Gasteiger partial charge in [0.15, 0.2) is 0 Å². The van der Waals surface area contributed by atoms with Crippen LogP contribution in [0.5, 0.6) is 5.75 Å². The molecule has 1 aliphatic heterocycles. The molecule has 0 aromatic heterocycles. The molecule has 2 N–H and O–H groups in total. The zero-order valence-electron chi connectivity index (χ0n) is 9.41. The number of nitrogens with zero attached hydrogens (tertiary/aromatic N) is 1. The van der Waals surface area contributed by atoms with Crippen molar-refractivity contribution in [1.82, 2.24) is 4.90 Å². The number of aliphatic hydroxyl groups is 1. The molecule has 1 saturated heterocycles. The lowest BCUT2D eigenvalue weighted by Gasteiger charge is -2.37. The summed E-state index contributed by atoms with van der Waals surface area (Å²) in [5.41, 5.74) is 0.871. The second-order valence-electron chi connectivity index (χ2n) is 4.22. The summed E-state index contributed by atoms with van der Waals surface area (Å²) in [7, 11) is 0. The van der Waals surface area contributed by atoms with E-state index in [0.717, 1.165) is 5.56 Å². The van der Waals surface area contributed by atoms with Crippen LogP contribution in [-0.4, -0.2) is 40.7 Å². The van der Waals surface area contributed by atoms with E-state index in [1.807, 2.05) is 0 Å². The van der Waals surface area contributed by atoms with Gasteiger partial charge >= 0.3 is 0 Å². The normalized spacial score (nSPS) is 16.2. The Labute approximate surface area is 99.8 Å². The quantitative estimate of drug-likeness (QED) is 0.761. The van der Waals surface area contributed by atoms with Crippen molar-refractivity contribution in [3.05, 3.63) is 35.9 Å². The molecule has 0 spiro atoms. The van der Waals surface area contributed by atoms with Gasteiger partial charge in [-0.15, -0.1) is 0 Å². The van der Waals surface area contributed by atoms with Crippen LogP contribution in [0.15, 0.2) is 30.3 Å². The van der Waals surface area contributed by atoms with Crippen molar-refractivity contribution in [2.24, 2.45) is 5.92 Å². The van der Waals surface area contributed by atoms with Crippen molar-refractivity contribution in [3.8, 4) is 5.75 Å². The average molecular weight is 233 g/mol. The van der Waals surface area contributed by atoms with Crippen LogP contribution >= 0.6 is 0 Å². The summed E-state index contributed by atoms with van der Waals surface area (Å²) in [6.07, 6.45) is 3.23. The molecule has 17 heavy (non-hydrogen) atoms. The molecule has 4 nitrogen and oxygen atoms in total. The molecule has 0 bridgehead atoms. The van der Waals surface area contributed by atoms with Crippen molar-refractivity contribution in [3.63, 3.8) is 0 Å². The summed E-state index contributed by atoms with van der Waals surface area (Å²) >= 11 is 0. The van der Waals surface area contributed by atoms with Crippen LogP contribution in [-0.2, 0) is 4.79 Å². The van der Waals surface area contributed by atoms with Crippen LogP contribution in [0.4, 0.5) is 0 Å². The first kappa shape index (κ1) is 11.7. The van der Waals surface area contributed by atoms with Gasteiger partial charge in [-0.05, 0) is 23.8 Å². The van der Waals surface area contributed by atoms with Crippen molar-refractivity contribution >= 4 is 12.0 Å². The van der Waals surface area contributed by atoms with Gasteiger partial charge in [0.1, 0.15) is 5.75 Å². The number of hydrogen-bond donors (Lipinski definition) is 2. The van der Waals surface area contributed by atoms with Gasteiger partial charge < -0.3 is 15.1 Å². The van der Waals surface area contributed by atoms with Crippen LogP contribution < -0.4 is 0 Å². The van der Waals surface area contributed by atoms with E-state index in [0.29, 0.717) is 13.1 Å². The number of carbonyl (C=O) groups is 1. The van der Waals surface area contributed by atoms with Crippen molar-refractivity contribution in [2.75, 3.05) is 19.7 Å². The number of rotatable bonds is 3. The molecule has 0 radical (unpaired) electrons. The molecule has 1 aromatic rings. The van der Waals surface area contributed by atoms with E-state index in [9.17, 15) is 4.79 Å². The highest BCUT2D eigenvalue weighted by molar-refractivity contribution is 5.92. The molecule has 0 unspecified atom stereocenters. The summed E-state index contributed by atoms with van der Waals surface area (Å²) in [6.45, 7) is 1.41. The molecular formula is C13H15NO3. The molecule has 0 atom stereocenters. The summed E-state index contributed by atoms with van der Waals surface area (Å²) in [5.74, 6) is 0.408. The molecule has 0 saturated carbocycles. The Bertz CT molecular complexity index is 419. The second kappa shape index (κ2) is 5.01. The maximum absolute atomic E-state index is 11.6. The molecule has 1 heterocycles. The topological polar surface area (TPSA) is 60.8 Å². The standard InChI is InChI=1S/C13H15NO3/c15-9-11-7-14(8-11)13(17)6-3-10-1-4-12(16)5-2-10/h1-6,11,15-16H,7-9H2. The second-order valence-corrected chi connectivity index (χ2v) is 4.22. The van der Waals surface area contributed by atoms with E-state index >= 15 is 0 Å². The molecule has 1 amide bonds. The number of phenols is 1. The third-order valence-electron chi connectivity index (χ3n) is 2.84. The van der Waals surface area contributed by atoms with Gasteiger partial charge in [0.25, 0.3) is 0 Å². The highest BCUT2D eigenvalue weighted by Gasteiger charge is 2.28. The molecule has 1 fully saturated rings. The van der Waals surface area contributed by atoms with Gasteiger partial charge in [-0.2, -0.15) is 0 Å². The smallest absolute Gasteiger partial charge is 0.246 e. The van der Waals surface area contributed by atoms with Gasteiger partial charge in [0, 0.05) is 31.7 Å². The van der Waals surface area contributed by atoms with Crippen LogP contribution in [0.2, 0.25) is 0 Å².